The molecule has 0 aliphatic rings. The van der Waals surface area contributed by atoms with Gasteiger partial charge in [0.25, 0.3) is 5.91 Å². The number of H-pyrrole nitrogens is 1. The smallest absolute Gasteiger partial charge is 0.289 e. The third kappa shape index (κ3) is 2.82. The van der Waals surface area contributed by atoms with Crippen molar-refractivity contribution in [2.45, 2.75) is 47.6 Å². The first-order valence-electron chi connectivity index (χ1n) is 8.23. The minimum atomic E-state index is -0.227. The number of nitrogens with one attached hydrogen (secondary N) is 2. The number of carbonyl (C=O) groups excluding carboxylic acids is 1. The van der Waals surface area contributed by atoms with Crippen LogP contribution in [0.1, 0.15) is 51.4 Å². The largest absolute Gasteiger partial charge is 0.435 e. The van der Waals surface area contributed by atoms with Crippen molar-refractivity contribution in [3.05, 3.63) is 51.9 Å². The van der Waals surface area contributed by atoms with Gasteiger partial charge in [-0.1, -0.05) is 18.6 Å². The third-order valence-corrected chi connectivity index (χ3v) is 4.43. The summed E-state index contributed by atoms with van der Waals surface area (Å²) in [5, 5.41) is 4.16. The average Bonchev–Trinajstić information content (AvgIpc) is 3.06. The second-order valence-electron chi connectivity index (χ2n) is 6.28. The zero-order chi connectivity index (χ0) is 17.4. The Morgan fingerprint density at radius 2 is 2.00 bits per heavy atom. The molecule has 0 spiro atoms. The van der Waals surface area contributed by atoms with Gasteiger partial charge in [0.2, 0.25) is 5.76 Å². The van der Waals surface area contributed by atoms with E-state index in [1.54, 1.807) is 6.92 Å². The summed E-state index contributed by atoms with van der Waals surface area (Å²) in [5.74, 6) is 0.662. The summed E-state index contributed by atoms with van der Waals surface area (Å²) < 4.78 is 5.52. The van der Waals surface area contributed by atoms with Crippen LogP contribution in [0.25, 0.3) is 10.9 Å². The van der Waals surface area contributed by atoms with Gasteiger partial charge in [-0.2, -0.15) is 0 Å². The molecular weight excluding hydrogens is 302 g/mol. The highest BCUT2D eigenvalue weighted by Crippen LogP contribution is 2.26. The minimum Gasteiger partial charge on any atom is -0.435 e. The van der Waals surface area contributed by atoms with Gasteiger partial charge >= 0.3 is 0 Å². The average molecular weight is 325 g/mol. The second-order valence-corrected chi connectivity index (χ2v) is 6.28. The Balaban J connectivity index is 1.86. The monoisotopic (exact) mass is 325 g/mol. The zero-order valence-corrected chi connectivity index (χ0v) is 14.8. The highest BCUT2D eigenvalue weighted by atomic mass is 16.4. The molecule has 126 valence electrons. The van der Waals surface area contributed by atoms with Crippen molar-refractivity contribution in [1.29, 1.82) is 0 Å². The maximum Gasteiger partial charge on any atom is 0.289 e. The van der Waals surface area contributed by atoms with Crippen molar-refractivity contribution in [2.75, 3.05) is 0 Å². The summed E-state index contributed by atoms with van der Waals surface area (Å²) in [6.07, 6.45) is 0.674. The maximum atomic E-state index is 12.4. The van der Waals surface area contributed by atoms with Crippen LogP contribution >= 0.6 is 0 Å². The van der Waals surface area contributed by atoms with Gasteiger partial charge in [0.15, 0.2) is 5.89 Å². The van der Waals surface area contributed by atoms with Gasteiger partial charge < -0.3 is 14.7 Å². The molecule has 5 heteroatoms. The number of hydrogen-bond acceptors (Lipinski definition) is 3. The molecule has 0 fully saturated rings. The molecule has 2 N–H and O–H groups in total. The molecule has 0 aliphatic carbocycles. The van der Waals surface area contributed by atoms with Crippen LogP contribution in [-0.2, 0) is 13.0 Å². The van der Waals surface area contributed by atoms with E-state index < -0.39 is 0 Å². The summed E-state index contributed by atoms with van der Waals surface area (Å²) in [6.45, 7) is 10.4. The van der Waals surface area contributed by atoms with Crippen molar-refractivity contribution in [3.63, 3.8) is 0 Å². The quantitative estimate of drug-likeness (QED) is 0.764. The van der Waals surface area contributed by atoms with Gasteiger partial charge in [0, 0.05) is 24.0 Å². The highest BCUT2D eigenvalue weighted by Gasteiger charge is 2.17. The molecule has 5 nitrogen and oxygen atoms in total. The molecule has 0 bridgehead atoms. The molecule has 0 atom stereocenters. The Morgan fingerprint density at radius 1 is 1.25 bits per heavy atom. The molecule has 1 amide bonds. The van der Waals surface area contributed by atoms with Crippen molar-refractivity contribution < 1.29 is 9.21 Å². The standard InChI is InChI=1S/C19H23N3O2/c1-6-16-21-13(5)18(24-16)19(23)20-9-14-7-10(2)8-15-11(3)12(4)22-17(14)15/h7-8,22H,6,9H2,1-5H3,(H,20,23). The van der Waals surface area contributed by atoms with E-state index in [1.807, 2.05) is 6.92 Å². The molecule has 2 aromatic heterocycles. The van der Waals surface area contributed by atoms with E-state index >= 15 is 0 Å². The van der Waals surface area contributed by atoms with Gasteiger partial charge in [-0.3, -0.25) is 4.79 Å². The molecule has 24 heavy (non-hydrogen) atoms. The summed E-state index contributed by atoms with van der Waals surface area (Å²) >= 11 is 0. The first-order chi connectivity index (χ1) is 11.4. The Morgan fingerprint density at radius 3 is 2.67 bits per heavy atom. The van der Waals surface area contributed by atoms with Gasteiger partial charge in [-0.25, -0.2) is 4.98 Å². The van der Waals surface area contributed by atoms with Crippen molar-refractivity contribution in [2.24, 2.45) is 0 Å². The lowest BCUT2D eigenvalue weighted by Gasteiger charge is -2.07. The Hall–Kier alpha value is -2.56. The second kappa shape index (κ2) is 6.15. The predicted octanol–water partition coefficient (Wildman–Crippen LogP) is 3.88. The van der Waals surface area contributed by atoms with Crippen LogP contribution in [0.2, 0.25) is 0 Å². The van der Waals surface area contributed by atoms with Crippen LogP contribution in [0.4, 0.5) is 0 Å². The molecule has 0 aliphatic heterocycles. The van der Waals surface area contributed by atoms with Crippen LogP contribution in [0.3, 0.4) is 0 Å². The molecule has 0 radical (unpaired) electrons. The van der Waals surface area contributed by atoms with Gasteiger partial charge in [0.1, 0.15) is 0 Å². The number of oxazole rings is 1. The molecule has 1 aromatic carbocycles. The number of nitrogens with zero attached hydrogens (tertiary/aromatic N) is 1. The zero-order valence-electron chi connectivity index (χ0n) is 14.8. The van der Waals surface area contributed by atoms with Crippen LogP contribution in [0.15, 0.2) is 16.5 Å². The predicted molar refractivity (Wildman–Crippen MR) is 94.3 cm³/mol. The molecule has 2 heterocycles. The van der Waals surface area contributed by atoms with E-state index in [-0.39, 0.29) is 5.91 Å². The molecule has 3 rings (SSSR count). The van der Waals surface area contributed by atoms with E-state index in [4.69, 9.17) is 4.42 Å². The van der Waals surface area contributed by atoms with Gasteiger partial charge in [-0.15, -0.1) is 0 Å². The first-order valence-corrected chi connectivity index (χ1v) is 8.23. The van der Waals surface area contributed by atoms with Gasteiger partial charge in [0.05, 0.1) is 11.2 Å². The Kier molecular flexibility index (Phi) is 4.18. The number of aryl methyl sites for hydroxylation is 5. The highest BCUT2D eigenvalue weighted by molar-refractivity contribution is 5.93. The number of carbonyl (C=O) groups is 1. The fourth-order valence-corrected chi connectivity index (χ4v) is 3.00. The number of benzene rings is 1. The minimum absolute atomic E-state index is 0.227. The fourth-order valence-electron chi connectivity index (χ4n) is 3.00. The Labute approximate surface area is 141 Å². The number of fused-ring (bicyclic) bond motifs is 1. The summed E-state index contributed by atoms with van der Waals surface area (Å²) in [4.78, 5) is 20.1. The van der Waals surface area contributed by atoms with E-state index in [0.29, 0.717) is 30.3 Å². The lowest BCUT2D eigenvalue weighted by molar-refractivity contribution is 0.0920. The number of rotatable bonds is 4. The third-order valence-electron chi connectivity index (χ3n) is 4.43. The van der Waals surface area contributed by atoms with Crippen molar-refractivity contribution >= 4 is 16.8 Å². The SMILES string of the molecule is CCc1nc(C)c(C(=O)NCc2cc(C)cc3c(C)c(C)[nH]c23)o1. The molecule has 3 aromatic rings. The summed E-state index contributed by atoms with van der Waals surface area (Å²) in [5.41, 5.74) is 6.37. The maximum absolute atomic E-state index is 12.4. The van der Waals surface area contributed by atoms with E-state index in [1.165, 1.54) is 16.5 Å². The van der Waals surface area contributed by atoms with Crippen molar-refractivity contribution in [1.82, 2.24) is 15.3 Å². The van der Waals surface area contributed by atoms with Crippen molar-refractivity contribution in [3.8, 4) is 0 Å². The molecule has 0 saturated heterocycles. The fraction of sp³-hybridized carbons (Fsp3) is 0.368. The topological polar surface area (TPSA) is 70.9 Å². The van der Waals surface area contributed by atoms with Gasteiger partial charge in [-0.05, 0) is 44.9 Å². The van der Waals surface area contributed by atoms with E-state index in [9.17, 15) is 4.79 Å². The normalized spacial score (nSPS) is 11.2. The lowest BCUT2D eigenvalue weighted by Crippen LogP contribution is -2.23. The number of hydrogen-bond donors (Lipinski definition) is 2. The van der Waals surface area contributed by atoms with Crippen LogP contribution in [0.5, 0.6) is 0 Å². The van der Waals surface area contributed by atoms with Crippen LogP contribution in [-0.4, -0.2) is 15.9 Å². The van der Waals surface area contributed by atoms with Crippen LogP contribution < -0.4 is 5.32 Å². The van der Waals surface area contributed by atoms with E-state index in [0.717, 1.165) is 16.8 Å². The summed E-state index contributed by atoms with van der Waals surface area (Å²) in [7, 11) is 0. The Bertz CT molecular complexity index is 918. The number of aromatic nitrogens is 2. The first kappa shape index (κ1) is 16.3. The summed E-state index contributed by atoms with van der Waals surface area (Å²) in [6, 6.07) is 4.27. The lowest BCUT2D eigenvalue weighted by atomic mass is 10.0. The molecule has 0 unspecified atom stereocenters. The molecular formula is C19H23N3O2. The van der Waals surface area contributed by atoms with Crippen LogP contribution in [0, 0.1) is 27.7 Å². The number of amides is 1. The number of aromatic amines is 1. The molecule has 0 saturated carbocycles. The van der Waals surface area contributed by atoms with E-state index in [2.05, 4.69) is 48.2 Å².